The van der Waals surface area contributed by atoms with Gasteiger partial charge in [-0.25, -0.2) is 18.2 Å². The first kappa shape index (κ1) is 25.6. The van der Waals surface area contributed by atoms with Crippen molar-refractivity contribution < 1.29 is 18.0 Å². The number of carbonyl (C=O) groups excluding carboxylic acids is 2. The third kappa shape index (κ3) is 4.94. The zero-order chi connectivity index (χ0) is 26.3. The minimum Gasteiger partial charge on any atom is -0.349 e. The number of hydrogen-bond acceptors (Lipinski definition) is 7. The SMILES string of the molecule is C#Cc1ccc2[nH]c(S(=O)(=O)N3CCN(C(=O)N4CCC5NCSC5=N4)C(CC(=O)N(C)C)C3)cc2c1. The summed E-state index contributed by atoms with van der Waals surface area (Å²) in [4.78, 5) is 32.2. The molecule has 2 fully saturated rings. The van der Waals surface area contributed by atoms with Crippen LogP contribution in [0.2, 0.25) is 0 Å². The number of hydrogen-bond donors (Lipinski definition) is 2. The van der Waals surface area contributed by atoms with Crippen molar-refractivity contribution in [3.8, 4) is 12.3 Å². The zero-order valence-corrected chi connectivity index (χ0v) is 22.3. The molecule has 2 aromatic rings. The molecule has 11 nitrogen and oxygen atoms in total. The van der Waals surface area contributed by atoms with Crippen LogP contribution in [0.3, 0.4) is 0 Å². The van der Waals surface area contributed by atoms with E-state index in [0.29, 0.717) is 23.0 Å². The number of carbonyl (C=O) groups is 2. The molecule has 2 saturated heterocycles. The molecule has 2 unspecified atom stereocenters. The topological polar surface area (TPSA) is 121 Å². The molecule has 2 atom stereocenters. The van der Waals surface area contributed by atoms with Gasteiger partial charge in [-0.1, -0.05) is 17.7 Å². The molecule has 2 N–H and O–H groups in total. The number of amides is 3. The molecule has 37 heavy (non-hydrogen) atoms. The minimum atomic E-state index is -3.91. The molecule has 196 valence electrons. The van der Waals surface area contributed by atoms with Crippen molar-refractivity contribution in [3.63, 3.8) is 0 Å². The predicted molar refractivity (Wildman–Crippen MR) is 142 cm³/mol. The van der Waals surface area contributed by atoms with Crippen LogP contribution in [0.15, 0.2) is 34.4 Å². The Morgan fingerprint density at radius 1 is 1.24 bits per heavy atom. The number of fused-ring (bicyclic) bond motifs is 2. The molecule has 0 spiro atoms. The van der Waals surface area contributed by atoms with Gasteiger partial charge in [0.1, 0.15) is 10.1 Å². The van der Waals surface area contributed by atoms with Crippen molar-refractivity contribution in [1.29, 1.82) is 0 Å². The number of aromatic amines is 1. The molecule has 3 aliphatic heterocycles. The van der Waals surface area contributed by atoms with Gasteiger partial charge < -0.3 is 14.8 Å². The number of sulfonamides is 1. The number of rotatable bonds is 4. The van der Waals surface area contributed by atoms with Gasteiger partial charge in [0.05, 0.1) is 12.1 Å². The van der Waals surface area contributed by atoms with E-state index in [1.165, 1.54) is 14.2 Å². The maximum Gasteiger partial charge on any atom is 0.340 e. The Hall–Kier alpha value is -3.05. The Morgan fingerprint density at radius 2 is 2.05 bits per heavy atom. The normalized spacial score (nSPS) is 22.5. The second-order valence-electron chi connectivity index (χ2n) is 9.46. The van der Waals surface area contributed by atoms with E-state index in [0.717, 1.165) is 17.3 Å². The lowest BCUT2D eigenvalue weighted by molar-refractivity contribution is -0.130. The van der Waals surface area contributed by atoms with Crippen LogP contribution in [0.4, 0.5) is 4.79 Å². The van der Waals surface area contributed by atoms with E-state index in [1.54, 1.807) is 55.0 Å². The van der Waals surface area contributed by atoms with E-state index in [9.17, 15) is 18.0 Å². The monoisotopic (exact) mass is 543 g/mol. The molecule has 3 aliphatic rings. The third-order valence-electron chi connectivity index (χ3n) is 6.90. The van der Waals surface area contributed by atoms with Gasteiger partial charge in [-0.2, -0.15) is 9.41 Å². The van der Waals surface area contributed by atoms with Gasteiger partial charge >= 0.3 is 6.03 Å². The number of urea groups is 1. The lowest BCUT2D eigenvalue weighted by Crippen LogP contribution is -2.60. The summed E-state index contributed by atoms with van der Waals surface area (Å²) in [5.41, 5.74) is 1.32. The Labute approximate surface area is 220 Å². The van der Waals surface area contributed by atoms with Gasteiger partial charge in [0.15, 0.2) is 0 Å². The Bertz CT molecular complexity index is 1410. The Balaban J connectivity index is 1.39. The fourth-order valence-corrected chi connectivity index (χ4v) is 7.24. The molecule has 3 amide bonds. The van der Waals surface area contributed by atoms with Crippen molar-refractivity contribution in [2.24, 2.45) is 5.10 Å². The average Bonchev–Trinajstić information content (AvgIpc) is 3.54. The molecule has 1 aromatic heterocycles. The number of nitrogens with one attached hydrogen (secondary N) is 2. The van der Waals surface area contributed by atoms with Crippen LogP contribution in [0, 0.1) is 12.3 Å². The molecule has 0 saturated carbocycles. The van der Waals surface area contributed by atoms with Gasteiger partial charge in [-0.15, -0.1) is 6.42 Å². The number of aromatic nitrogens is 1. The Kier molecular flexibility index (Phi) is 6.93. The van der Waals surface area contributed by atoms with E-state index >= 15 is 0 Å². The van der Waals surface area contributed by atoms with Gasteiger partial charge in [-0.05, 0) is 30.7 Å². The smallest absolute Gasteiger partial charge is 0.340 e. The first-order valence-corrected chi connectivity index (χ1v) is 14.4. The summed E-state index contributed by atoms with van der Waals surface area (Å²) in [5, 5.41) is 11.0. The number of benzene rings is 1. The van der Waals surface area contributed by atoms with Crippen molar-refractivity contribution in [3.05, 3.63) is 29.8 Å². The molecule has 0 aliphatic carbocycles. The van der Waals surface area contributed by atoms with Crippen LogP contribution in [0.5, 0.6) is 0 Å². The molecule has 0 radical (unpaired) electrons. The molecule has 5 rings (SSSR count). The molecule has 0 bridgehead atoms. The molecule has 13 heteroatoms. The van der Waals surface area contributed by atoms with E-state index in [1.807, 2.05) is 0 Å². The van der Waals surface area contributed by atoms with Gasteiger partial charge in [0.25, 0.3) is 10.0 Å². The van der Waals surface area contributed by atoms with Crippen LogP contribution in [-0.2, 0) is 14.8 Å². The zero-order valence-electron chi connectivity index (χ0n) is 20.7. The lowest BCUT2D eigenvalue weighted by Gasteiger charge is -2.42. The summed E-state index contributed by atoms with van der Waals surface area (Å²) in [6.07, 6.45) is 6.24. The summed E-state index contributed by atoms with van der Waals surface area (Å²) in [6, 6.07) is 6.06. The van der Waals surface area contributed by atoms with Crippen molar-refractivity contribution in [1.82, 2.24) is 29.4 Å². The third-order valence-corrected chi connectivity index (χ3v) is 9.66. The number of nitrogens with zero attached hydrogens (tertiary/aromatic N) is 5. The summed E-state index contributed by atoms with van der Waals surface area (Å²) in [7, 11) is -0.626. The van der Waals surface area contributed by atoms with Crippen LogP contribution in [0.1, 0.15) is 18.4 Å². The van der Waals surface area contributed by atoms with Gasteiger partial charge in [0, 0.05) is 69.0 Å². The van der Waals surface area contributed by atoms with Gasteiger partial charge in [-0.3, -0.25) is 10.1 Å². The maximum atomic E-state index is 13.6. The number of piperazine rings is 1. The van der Waals surface area contributed by atoms with E-state index in [-0.39, 0.29) is 49.1 Å². The highest BCUT2D eigenvalue weighted by atomic mass is 32.2. The molecular weight excluding hydrogens is 514 g/mol. The molecule has 4 heterocycles. The second kappa shape index (κ2) is 10.0. The van der Waals surface area contributed by atoms with Crippen molar-refractivity contribution in [2.45, 2.75) is 30.0 Å². The highest BCUT2D eigenvalue weighted by molar-refractivity contribution is 8.14. The summed E-state index contributed by atoms with van der Waals surface area (Å²) < 4.78 is 28.5. The average molecular weight is 544 g/mol. The first-order valence-electron chi connectivity index (χ1n) is 12.0. The number of terminal acetylenes is 1. The van der Waals surface area contributed by atoms with Gasteiger partial charge in [0.2, 0.25) is 5.91 Å². The van der Waals surface area contributed by atoms with Crippen LogP contribution in [-0.4, -0.2) is 108 Å². The maximum absolute atomic E-state index is 13.6. The number of H-pyrrole nitrogens is 1. The van der Waals surface area contributed by atoms with E-state index in [4.69, 9.17) is 6.42 Å². The summed E-state index contributed by atoms with van der Waals surface area (Å²) in [6.45, 7) is 0.722. The largest absolute Gasteiger partial charge is 0.349 e. The highest BCUT2D eigenvalue weighted by Gasteiger charge is 2.41. The van der Waals surface area contributed by atoms with Crippen LogP contribution >= 0.6 is 11.8 Å². The van der Waals surface area contributed by atoms with Crippen molar-refractivity contribution >= 4 is 49.7 Å². The first-order chi connectivity index (χ1) is 17.7. The quantitative estimate of drug-likeness (QED) is 0.558. The predicted octanol–water partition coefficient (Wildman–Crippen LogP) is 1.10. The second-order valence-corrected chi connectivity index (χ2v) is 12.4. The summed E-state index contributed by atoms with van der Waals surface area (Å²) in [5.74, 6) is 3.13. The van der Waals surface area contributed by atoms with E-state index in [2.05, 4.69) is 21.3 Å². The summed E-state index contributed by atoms with van der Waals surface area (Å²) >= 11 is 1.58. The van der Waals surface area contributed by atoms with Crippen molar-refractivity contribution in [2.75, 3.05) is 46.2 Å². The van der Waals surface area contributed by atoms with Crippen LogP contribution < -0.4 is 5.32 Å². The fraction of sp³-hybridized carbons (Fsp3) is 0.458. The number of thioether (sulfide) groups is 1. The minimum absolute atomic E-state index is 0.00195. The molecule has 1 aromatic carbocycles. The van der Waals surface area contributed by atoms with Crippen LogP contribution in [0.25, 0.3) is 10.9 Å². The number of hydrazone groups is 1. The molecular formula is C24H29N7O4S2. The standard InChI is InChI=1S/C24H29N7O4S2/c1-4-16-5-6-19-17(11-16)12-21(26-19)37(34,35)29-9-10-30(18(14-29)13-22(32)28(2)3)24(33)31-8-7-20-23(27-31)36-15-25-20/h1,5-6,11-12,18,20,25-26H,7-10,13-15H2,2-3H3. The fourth-order valence-electron chi connectivity index (χ4n) is 4.76. The highest BCUT2D eigenvalue weighted by Crippen LogP contribution is 2.28. The Morgan fingerprint density at radius 3 is 2.81 bits per heavy atom. The van der Waals surface area contributed by atoms with E-state index < -0.39 is 16.1 Å². The lowest BCUT2D eigenvalue weighted by atomic mass is 10.1.